The second kappa shape index (κ2) is 8.68. The Kier molecular flexibility index (Phi) is 6.17. The molecule has 0 atom stereocenters. The molecule has 184 valence electrons. The van der Waals surface area contributed by atoms with E-state index in [1.807, 2.05) is 0 Å². The Hall–Kier alpha value is -2.95. The van der Waals surface area contributed by atoms with Gasteiger partial charge in [-0.15, -0.1) is 0 Å². The summed E-state index contributed by atoms with van der Waals surface area (Å²) in [5.74, 6) is 0.636. The maximum absolute atomic E-state index is 13.2. The molecule has 4 rings (SSSR count). The molecule has 0 bridgehead atoms. The van der Waals surface area contributed by atoms with Gasteiger partial charge in [-0.05, 0) is 52.0 Å². The molecule has 2 heterocycles. The monoisotopic (exact) mass is 479 g/mol. The number of alkyl halides is 3. The molecule has 0 unspecified atom stereocenters. The highest BCUT2D eigenvalue weighted by atomic mass is 19.4. The minimum atomic E-state index is -4.46. The number of carbonyl (C=O) groups is 1. The molecule has 0 aliphatic heterocycles. The first-order valence-corrected chi connectivity index (χ1v) is 11.2. The molecule has 2 aromatic heterocycles. The number of halogens is 3. The summed E-state index contributed by atoms with van der Waals surface area (Å²) < 4.78 is 45.3. The van der Waals surface area contributed by atoms with Crippen LogP contribution in [0.3, 0.4) is 0 Å². The van der Waals surface area contributed by atoms with Crippen molar-refractivity contribution in [1.82, 2.24) is 20.3 Å². The number of ether oxygens (including phenoxy) is 1. The molecule has 2 N–H and O–H groups in total. The number of amides is 1. The van der Waals surface area contributed by atoms with Gasteiger partial charge >= 0.3 is 6.18 Å². The van der Waals surface area contributed by atoms with Gasteiger partial charge in [0.2, 0.25) is 5.91 Å². The third kappa shape index (κ3) is 5.24. The van der Waals surface area contributed by atoms with Crippen molar-refractivity contribution in [2.24, 2.45) is 0 Å². The molecule has 11 heteroatoms. The minimum absolute atomic E-state index is 0.0873. The van der Waals surface area contributed by atoms with Crippen LogP contribution in [0.5, 0.6) is 5.75 Å². The van der Waals surface area contributed by atoms with Crippen LogP contribution in [-0.4, -0.2) is 63.5 Å². The number of anilines is 1. The zero-order valence-electron chi connectivity index (χ0n) is 19.4. The highest BCUT2D eigenvalue weighted by Crippen LogP contribution is 2.48. The number of aromatic nitrogens is 3. The van der Waals surface area contributed by atoms with Gasteiger partial charge in [0.15, 0.2) is 5.82 Å². The normalized spacial score (nSPS) is 16.7. The smallest absolute Gasteiger partial charge is 0.411 e. The number of nitrogens with zero attached hydrogens (tertiary/aromatic N) is 4. The molecular weight excluding hydrogens is 451 g/mol. The molecule has 0 aromatic carbocycles. The van der Waals surface area contributed by atoms with Crippen molar-refractivity contribution in [2.45, 2.75) is 63.3 Å². The maximum Gasteiger partial charge on any atom is 0.411 e. The summed E-state index contributed by atoms with van der Waals surface area (Å²) in [5.41, 5.74) is -0.918. The van der Waals surface area contributed by atoms with Crippen LogP contribution in [0, 0.1) is 0 Å². The highest BCUT2D eigenvalue weighted by Gasteiger charge is 2.64. The van der Waals surface area contributed by atoms with Gasteiger partial charge in [-0.25, -0.2) is 9.97 Å². The van der Waals surface area contributed by atoms with Crippen molar-refractivity contribution in [2.75, 3.05) is 25.1 Å². The molecule has 2 aliphatic rings. The van der Waals surface area contributed by atoms with E-state index in [1.165, 1.54) is 0 Å². The van der Waals surface area contributed by atoms with Crippen LogP contribution in [0.4, 0.5) is 19.0 Å². The first-order chi connectivity index (χ1) is 15.9. The van der Waals surface area contributed by atoms with Gasteiger partial charge in [0.25, 0.3) is 0 Å². The predicted molar refractivity (Wildman–Crippen MR) is 119 cm³/mol. The van der Waals surface area contributed by atoms with Gasteiger partial charge in [0, 0.05) is 30.6 Å². The molecule has 8 nitrogen and oxygen atoms in total. The summed E-state index contributed by atoms with van der Waals surface area (Å²) >= 11 is 0. The van der Waals surface area contributed by atoms with Crippen molar-refractivity contribution in [3.8, 4) is 17.3 Å². The first-order valence-electron chi connectivity index (χ1n) is 11.2. The maximum atomic E-state index is 13.2. The number of likely N-dealkylation sites (N-methyl/N-ethyl adjacent to an activating group) is 1. The van der Waals surface area contributed by atoms with Gasteiger partial charge in [-0.3, -0.25) is 9.78 Å². The fraction of sp³-hybridized carbons (Fsp3) is 0.565. The van der Waals surface area contributed by atoms with Crippen molar-refractivity contribution in [1.29, 1.82) is 0 Å². The van der Waals surface area contributed by atoms with Crippen LogP contribution in [0.15, 0.2) is 18.3 Å². The van der Waals surface area contributed by atoms with Gasteiger partial charge in [-0.1, -0.05) is 0 Å². The lowest BCUT2D eigenvalue weighted by Crippen LogP contribution is -2.50. The van der Waals surface area contributed by atoms with Crippen LogP contribution < -0.4 is 15.0 Å². The summed E-state index contributed by atoms with van der Waals surface area (Å²) in [6.45, 7) is 3.10. The van der Waals surface area contributed by atoms with Crippen molar-refractivity contribution < 1.29 is 27.8 Å². The van der Waals surface area contributed by atoms with Crippen LogP contribution in [0.25, 0.3) is 11.5 Å². The second-order valence-electron chi connectivity index (χ2n) is 9.61. The van der Waals surface area contributed by atoms with Crippen LogP contribution in [0.1, 0.15) is 44.4 Å². The lowest BCUT2D eigenvalue weighted by Gasteiger charge is -2.24. The van der Waals surface area contributed by atoms with E-state index >= 15 is 0 Å². The number of aryl methyl sites for hydroxylation is 1. The van der Waals surface area contributed by atoms with Crippen LogP contribution in [0.2, 0.25) is 0 Å². The third-order valence-electron chi connectivity index (χ3n) is 5.88. The van der Waals surface area contributed by atoms with E-state index in [1.54, 1.807) is 44.1 Å². The Morgan fingerprint density at radius 3 is 2.65 bits per heavy atom. The zero-order valence-corrected chi connectivity index (χ0v) is 19.4. The topological polar surface area (TPSA) is 100 Å². The van der Waals surface area contributed by atoms with E-state index < -0.39 is 23.2 Å². The molecule has 2 aromatic rings. The molecule has 0 radical (unpaired) electrons. The fourth-order valence-corrected chi connectivity index (χ4v) is 3.93. The Morgan fingerprint density at radius 1 is 1.26 bits per heavy atom. The number of carbonyl (C=O) groups excluding carboxylic acids is 1. The molecule has 2 aliphatic carbocycles. The summed E-state index contributed by atoms with van der Waals surface area (Å²) in [6.07, 6.45) is -0.772. The first kappa shape index (κ1) is 24.2. The van der Waals surface area contributed by atoms with E-state index in [4.69, 9.17) is 4.74 Å². The fourth-order valence-electron chi connectivity index (χ4n) is 3.93. The number of hydrogen-bond donors (Lipinski definition) is 2. The Labute approximate surface area is 195 Å². The summed E-state index contributed by atoms with van der Waals surface area (Å²) in [4.78, 5) is 27.6. The van der Waals surface area contributed by atoms with E-state index in [0.29, 0.717) is 23.1 Å². The second-order valence-corrected chi connectivity index (χ2v) is 9.61. The number of fused-ring (bicyclic) bond motifs is 1. The molecule has 34 heavy (non-hydrogen) atoms. The van der Waals surface area contributed by atoms with Gasteiger partial charge in [-0.2, -0.15) is 13.2 Å². The van der Waals surface area contributed by atoms with Crippen molar-refractivity contribution in [3.63, 3.8) is 0 Å². The number of rotatable bonds is 8. The van der Waals surface area contributed by atoms with Crippen LogP contribution >= 0.6 is 0 Å². The zero-order chi connectivity index (χ0) is 24.7. The number of pyridine rings is 1. The average Bonchev–Trinajstić information content (AvgIpc) is 3.38. The van der Waals surface area contributed by atoms with Gasteiger partial charge in [0.1, 0.15) is 29.4 Å². The average molecular weight is 480 g/mol. The Bertz CT molecular complexity index is 1080. The van der Waals surface area contributed by atoms with Crippen LogP contribution in [-0.2, 0) is 17.6 Å². The summed E-state index contributed by atoms with van der Waals surface area (Å²) in [6, 6.07) is 3.33. The van der Waals surface area contributed by atoms with Gasteiger partial charge < -0.3 is 20.1 Å². The van der Waals surface area contributed by atoms with E-state index in [9.17, 15) is 23.1 Å². The quantitative estimate of drug-likeness (QED) is 0.601. The Balaban J connectivity index is 1.55. The standard InChI is InChI=1S/C23H28F3N5O3/c1-21(2,33)13-34-14-7-10-27-17(11-14)19-28-16-6-4-5-15(16)20(29-19)31(3)12-18(32)30-22(8-9-22)23(24,25)26/h7,10-11,33H,4-6,8-9,12-13H2,1-3H3,(H,30,32). The van der Waals surface area contributed by atoms with Gasteiger partial charge in [0.05, 0.1) is 12.1 Å². The van der Waals surface area contributed by atoms with E-state index in [0.717, 1.165) is 30.5 Å². The minimum Gasteiger partial charge on any atom is -0.490 e. The molecule has 0 spiro atoms. The third-order valence-corrected chi connectivity index (χ3v) is 5.88. The summed E-state index contributed by atoms with van der Waals surface area (Å²) in [7, 11) is 1.63. The lowest BCUT2D eigenvalue weighted by atomic mass is 10.2. The molecule has 1 saturated carbocycles. The van der Waals surface area contributed by atoms with E-state index in [-0.39, 0.29) is 26.0 Å². The SMILES string of the molecule is CN(CC(=O)NC1(C(F)(F)F)CC1)c1nc(-c2cc(OCC(C)(C)O)ccn2)nc2c1CCC2. The Morgan fingerprint density at radius 2 is 2.00 bits per heavy atom. The van der Waals surface area contributed by atoms with Crippen molar-refractivity contribution >= 4 is 11.7 Å². The van der Waals surface area contributed by atoms with Crippen molar-refractivity contribution in [3.05, 3.63) is 29.6 Å². The van der Waals surface area contributed by atoms with E-state index in [2.05, 4.69) is 20.3 Å². The number of aliphatic hydroxyl groups is 1. The molecule has 1 fully saturated rings. The number of nitrogens with one attached hydrogen (secondary N) is 1. The predicted octanol–water partition coefficient (Wildman–Crippen LogP) is 2.82. The lowest BCUT2D eigenvalue weighted by molar-refractivity contribution is -0.170. The molecule has 0 saturated heterocycles. The highest BCUT2D eigenvalue weighted by molar-refractivity contribution is 5.82. The number of hydrogen-bond acceptors (Lipinski definition) is 7. The summed E-state index contributed by atoms with van der Waals surface area (Å²) in [5, 5.41) is 12.1. The molecular formula is C23H28F3N5O3. The largest absolute Gasteiger partial charge is 0.490 e. The molecule has 1 amide bonds.